The highest BCUT2D eigenvalue weighted by Crippen LogP contribution is 2.46. The number of esters is 2. The van der Waals surface area contributed by atoms with Crippen LogP contribution in [0.5, 0.6) is 5.75 Å². The average molecular weight is 596 g/mol. The molecule has 1 fully saturated rings. The van der Waals surface area contributed by atoms with Crippen molar-refractivity contribution in [3.05, 3.63) is 69.0 Å². The third-order valence-corrected chi connectivity index (χ3v) is 7.70. The van der Waals surface area contributed by atoms with E-state index in [1.54, 1.807) is 31.2 Å². The Morgan fingerprint density at radius 1 is 1.24 bits per heavy atom. The SMILES string of the molecule is C/C=C/c1cn(C2CC(O)C(COP(=O)(N[C@@H](CCCC(=O)OC)C(=O)OC)Oc3ccccc3)O2)c(=O)[nH]c1=O. The Morgan fingerprint density at radius 2 is 1.98 bits per heavy atom. The number of aromatic amines is 1. The molecule has 1 aromatic heterocycles. The van der Waals surface area contributed by atoms with Crippen LogP contribution < -0.4 is 20.9 Å². The molecule has 3 N–H and O–H groups in total. The third kappa shape index (κ3) is 8.97. The Hall–Kier alpha value is -3.55. The zero-order valence-corrected chi connectivity index (χ0v) is 23.8. The second kappa shape index (κ2) is 14.9. The minimum absolute atomic E-state index is 0.0136. The molecular weight excluding hydrogens is 561 g/mol. The van der Waals surface area contributed by atoms with Crippen molar-refractivity contribution in [2.45, 2.75) is 57.1 Å². The summed E-state index contributed by atoms with van der Waals surface area (Å²) < 4.78 is 41.6. The molecule has 0 saturated carbocycles. The van der Waals surface area contributed by atoms with Crippen molar-refractivity contribution in [3.63, 3.8) is 0 Å². The Bertz CT molecular complexity index is 1370. The van der Waals surface area contributed by atoms with Gasteiger partial charge in [-0.05, 0) is 31.9 Å². The van der Waals surface area contributed by atoms with Crippen LogP contribution in [0.1, 0.15) is 44.4 Å². The predicted molar refractivity (Wildman–Crippen MR) is 146 cm³/mol. The highest BCUT2D eigenvalue weighted by Gasteiger charge is 2.40. The van der Waals surface area contributed by atoms with Gasteiger partial charge in [0.05, 0.1) is 32.5 Å². The number of allylic oxidation sites excluding steroid dienone is 1. The number of ether oxygens (including phenoxy) is 3. The van der Waals surface area contributed by atoms with Crippen molar-refractivity contribution in [1.82, 2.24) is 14.6 Å². The predicted octanol–water partition coefficient (Wildman–Crippen LogP) is 1.90. The summed E-state index contributed by atoms with van der Waals surface area (Å²) in [5.41, 5.74) is -1.08. The van der Waals surface area contributed by atoms with Gasteiger partial charge in [-0.15, -0.1) is 0 Å². The number of hydrogen-bond donors (Lipinski definition) is 3. The number of hydrogen-bond acceptors (Lipinski definition) is 11. The first-order chi connectivity index (χ1) is 19.6. The van der Waals surface area contributed by atoms with Crippen molar-refractivity contribution in [3.8, 4) is 5.75 Å². The molecule has 0 aliphatic carbocycles. The Morgan fingerprint density at radius 3 is 2.63 bits per heavy atom. The fourth-order valence-corrected chi connectivity index (χ4v) is 5.59. The molecular formula is C26H34N3O11P. The molecule has 1 aromatic carbocycles. The lowest BCUT2D eigenvalue weighted by Crippen LogP contribution is -2.38. The molecule has 2 aromatic rings. The molecule has 1 aliphatic heterocycles. The summed E-state index contributed by atoms with van der Waals surface area (Å²) in [5, 5.41) is 13.2. The zero-order valence-electron chi connectivity index (χ0n) is 22.9. The van der Waals surface area contributed by atoms with Gasteiger partial charge in [0.25, 0.3) is 5.56 Å². The second-order valence-corrected chi connectivity index (χ2v) is 10.7. The summed E-state index contributed by atoms with van der Waals surface area (Å²) in [7, 11) is -1.92. The minimum Gasteiger partial charge on any atom is -0.469 e. The van der Waals surface area contributed by atoms with E-state index in [0.29, 0.717) is 0 Å². The molecule has 224 valence electrons. The van der Waals surface area contributed by atoms with Crippen LogP contribution in [0, 0.1) is 0 Å². The molecule has 14 nitrogen and oxygen atoms in total. The van der Waals surface area contributed by atoms with E-state index in [2.05, 4.69) is 14.8 Å². The van der Waals surface area contributed by atoms with E-state index in [-0.39, 0.29) is 37.0 Å². The quantitative estimate of drug-likeness (QED) is 0.213. The lowest BCUT2D eigenvalue weighted by molar-refractivity contribution is -0.144. The van der Waals surface area contributed by atoms with Gasteiger partial charge in [-0.2, -0.15) is 5.09 Å². The topological polar surface area (TPSA) is 184 Å². The molecule has 2 heterocycles. The first-order valence-corrected chi connectivity index (χ1v) is 14.4. The maximum Gasteiger partial charge on any atom is 0.459 e. The van der Waals surface area contributed by atoms with E-state index in [9.17, 15) is 28.8 Å². The van der Waals surface area contributed by atoms with Gasteiger partial charge in [0.1, 0.15) is 24.1 Å². The van der Waals surface area contributed by atoms with Crippen LogP contribution >= 0.6 is 7.75 Å². The Kier molecular flexibility index (Phi) is 11.6. The van der Waals surface area contributed by atoms with Gasteiger partial charge in [-0.3, -0.25) is 28.5 Å². The van der Waals surface area contributed by atoms with Crippen LogP contribution in [-0.4, -0.2) is 65.7 Å². The number of nitrogens with one attached hydrogen (secondary N) is 2. The van der Waals surface area contributed by atoms with Crippen LogP contribution in [-0.2, 0) is 32.9 Å². The average Bonchev–Trinajstić information content (AvgIpc) is 3.32. The molecule has 3 rings (SSSR count). The number of aliphatic hydroxyl groups is 1. The number of para-hydroxylation sites is 1. The number of nitrogens with zero attached hydrogens (tertiary/aromatic N) is 1. The molecule has 5 atom stereocenters. The van der Waals surface area contributed by atoms with Crippen LogP contribution in [0.2, 0.25) is 0 Å². The summed E-state index contributed by atoms with van der Waals surface area (Å²) in [6.45, 7) is 1.26. The van der Waals surface area contributed by atoms with Gasteiger partial charge in [0.2, 0.25) is 0 Å². The number of carbonyl (C=O) groups excluding carboxylic acids is 2. The lowest BCUT2D eigenvalue weighted by atomic mass is 10.1. The summed E-state index contributed by atoms with van der Waals surface area (Å²) in [6.07, 6.45) is 1.59. The van der Waals surface area contributed by atoms with Crippen molar-refractivity contribution in [2.75, 3.05) is 20.8 Å². The van der Waals surface area contributed by atoms with Crippen molar-refractivity contribution in [2.24, 2.45) is 0 Å². The maximum absolute atomic E-state index is 13.9. The van der Waals surface area contributed by atoms with Crippen LogP contribution in [0.4, 0.5) is 0 Å². The van der Waals surface area contributed by atoms with Crippen LogP contribution in [0.15, 0.2) is 52.2 Å². The molecule has 0 bridgehead atoms. The molecule has 0 amide bonds. The van der Waals surface area contributed by atoms with E-state index < -0.39 is 62.0 Å². The van der Waals surface area contributed by atoms with Gasteiger partial charge in [0.15, 0.2) is 0 Å². The molecule has 1 aliphatic rings. The van der Waals surface area contributed by atoms with Crippen LogP contribution in [0.3, 0.4) is 0 Å². The molecule has 1 saturated heterocycles. The lowest BCUT2D eigenvalue weighted by Gasteiger charge is -2.25. The Balaban J connectivity index is 1.78. The number of aliphatic hydroxyl groups excluding tert-OH is 1. The first-order valence-electron chi connectivity index (χ1n) is 12.8. The number of aromatic nitrogens is 2. The van der Waals surface area contributed by atoms with E-state index in [1.165, 1.54) is 31.5 Å². The Labute approximate surface area is 235 Å². The number of carbonyl (C=O) groups is 2. The fourth-order valence-electron chi connectivity index (χ4n) is 4.05. The molecule has 4 unspecified atom stereocenters. The van der Waals surface area contributed by atoms with Gasteiger partial charge in [0, 0.05) is 19.0 Å². The zero-order chi connectivity index (χ0) is 30.0. The summed E-state index contributed by atoms with van der Waals surface area (Å²) in [5.74, 6) is -1.07. The van der Waals surface area contributed by atoms with Gasteiger partial charge >= 0.3 is 25.4 Å². The van der Waals surface area contributed by atoms with E-state index in [0.717, 1.165) is 11.7 Å². The number of rotatable bonds is 14. The monoisotopic (exact) mass is 595 g/mol. The van der Waals surface area contributed by atoms with E-state index in [1.807, 2.05) is 0 Å². The normalized spacial score (nSPS) is 20.8. The van der Waals surface area contributed by atoms with E-state index >= 15 is 0 Å². The standard InChI is InChI=1S/C26H34N3O11P/c1-4-9-17-15-29(26(34)27-24(17)32)22-14-20(30)21(39-22)16-38-41(35,40-18-10-6-5-7-11-18)28-19(25(33)37-3)12-8-13-23(31)36-2/h4-7,9-11,15,19-22,30H,8,12-14,16H2,1-3H3,(H,28,35)(H,27,32,34)/b9-4+/t19-,20?,21?,22?,41?/m0/s1. The van der Waals surface area contributed by atoms with Crippen molar-refractivity contribution >= 4 is 25.8 Å². The summed E-state index contributed by atoms with van der Waals surface area (Å²) in [4.78, 5) is 50.6. The van der Waals surface area contributed by atoms with Gasteiger partial charge in [-0.1, -0.05) is 30.4 Å². The second-order valence-electron chi connectivity index (χ2n) is 9.05. The molecule has 41 heavy (non-hydrogen) atoms. The highest BCUT2D eigenvalue weighted by atomic mass is 31.2. The van der Waals surface area contributed by atoms with Gasteiger partial charge < -0.3 is 23.8 Å². The largest absolute Gasteiger partial charge is 0.469 e. The fraction of sp³-hybridized carbons (Fsp3) is 0.462. The van der Waals surface area contributed by atoms with Gasteiger partial charge in [-0.25, -0.2) is 9.36 Å². The van der Waals surface area contributed by atoms with Crippen LogP contribution in [0.25, 0.3) is 6.08 Å². The number of methoxy groups -OCH3 is 2. The van der Waals surface area contributed by atoms with Crippen molar-refractivity contribution in [1.29, 1.82) is 0 Å². The van der Waals surface area contributed by atoms with Crippen molar-refractivity contribution < 1.29 is 42.5 Å². The number of H-pyrrole nitrogens is 1. The third-order valence-electron chi connectivity index (χ3n) is 6.13. The first kappa shape index (κ1) is 32.0. The molecule has 15 heteroatoms. The molecule has 0 radical (unpaired) electrons. The number of benzene rings is 1. The molecule has 0 spiro atoms. The maximum atomic E-state index is 13.9. The smallest absolute Gasteiger partial charge is 0.459 e. The highest BCUT2D eigenvalue weighted by molar-refractivity contribution is 7.52. The minimum atomic E-state index is -4.32. The summed E-state index contributed by atoms with van der Waals surface area (Å²) in [6, 6.07) is 6.90. The van der Waals surface area contributed by atoms with E-state index in [4.69, 9.17) is 18.5 Å². The summed E-state index contributed by atoms with van der Waals surface area (Å²) >= 11 is 0.